The summed E-state index contributed by atoms with van der Waals surface area (Å²) < 4.78 is 0. The Morgan fingerprint density at radius 1 is 0.895 bits per heavy atom. The van der Waals surface area contributed by atoms with Crippen molar-refractivity contribution in [1.29, 1.82) is 0 Å². The number of hydrogen-bond acceptors (Lipinski definition) is 3. The second-order valence-corrected chi connectivity index (χ2v) is 4.00. The molecule has 0 saturated heterocycles. The highest BCUT2D eigenvalue weighted by Gasteiger charge is 2.05. The number of anilines is 2. The fourth-order valence-electron chi connectivity index (χ4n) is 1.45. The van der Waals surface area contributed by atoms with Gasteiger partial charge in [0.2, 0.25) is 0 Å². The molecule has 0 spiro atoms. The molecule has 0 heterocycles. The molecule has 0 fully saturated rings. The van der Waals surface area contributed by atoms with E-state index in [1.807, 2.05) is 60.7 Å². The molecule has 0 atom stereocenters. The molecule has 0 aliphatic rings. The smallest absolute Gasteiger partial charge is 0.271 e. The zero-order chi connectivity index (χ0) is 13.5. The van der Waals surface area contributed by atoms with E-state index in [1.54, 1.807) is 6.92 Å². The van der Waals surface area contributed by atoms with Gasteiger partial charge in [-0.1, -0.05) is 36.4 Å². The van der Waals surface area contributed by atoms with Crippen LogP contribution in [0.1, 0.15) is 6.92 Å². The molecule has 0 unspecified atom stereocenters. The van der Waals surface area contributed by atoms with Crippen molar-refractivity contribution in [2.75, 3.05) is 10.7 Å². The first-order valence-corrected chi connectivity index (χ1v) is 5.97. The van der Waals surface area contributed by atoms with Crippen molar-refractivity contribution in [1.82, 2.24) is 0 Å². The summed E-state index contributed by atoms with van der Waals surface area (Å²) in [5.41, 5.74) is 4.80. The van der Waals surface area contributed by atoms with Gasteiger partial charge in [-0.2, -0.15) is 5.10 Å². The van der Waals surface area contributed by atoms with Crippen LogP contribution in [0.3, 0.4) is 0 Å². The number of nitrogens with zero attached hydrogens (tertiary/aromatic N) is 1. The quantitative estimate of drug-likeness (QED) is 0.649. The topological polar surface area (TPSA) is 53.5 Å². The lowest BCUT2D eigenvalue weighted by Gasteiger charge is -2.05. The highest BCUT2D eigenvalue weighted by Crippen LogP contribution is 2.06. The summed E-state index contributed by atoms with van der Waals surface area (Å²) in [5.74, 6) is -0.227. The van der Waals surface area contributed by atoms with Gasteiger partial charge in [0.15, 0.2) is 0 Å². The van der Waals surface area contributed by atoms with E-state index in [0.717, 1.165) is 11.4 Å². The molecule has 0 radical (unpaired) electrons. The zero-order valence-corrected chi connectivity index (χ0v) is 10.6. The Balaban J connectivity index is 1.95. The molecule has 4 heteroatoms. The van der Waals surface area contributed by atoms with Gasteiger partial charge in [-0.25, -0.2) is 0 Å². The third kappa shape index (κ3) is 3.96. The van der Waals surface area contributed by atoms with Gasteiger partial charge in [-0.3, -0.25) is 10.2 Å². The van der Waals surface area contributed by atoms with E-state index in [0.29, 0.717) is 5.71 Å². The maximum Gasteiger partial charge on any atom is 0.271 e. The van der Waals surface area contributed by atoms with E-state index in [-0.39, 0.29) is 5.91 Å². The third-order valence-corrected chi connectivity index (χ3v) is 2.49. The first-order chi connectivity index (χ1) is 9.25. The van der Waals surface area contributed by atoms with E-state index < -0.39 is 0 Å². The lowest BCUT2D eigenvalue weighted by Crippen LogP contribution is -2.21. The molecule has 2 aromatic carbocycles. The van der Waals surface area contributed by atoms with Gasteiger partial charge in [0.1, 0.15) is 5.71 Å². The fraction of sp³-hybridized carbons (Fsp3) is 0.0667. The lowest BCUT2D eigenvalue weighted by molar-refractivity contribution is -0.110. The highest BCUT2D eigenvalue weighted by molar-refractivity contribution is 6.42. The predicted molar refractivity (Wildman–Crippen MR) is 78.2 cm³/mol. The fourth-order valence-corrected chi connectivity index (χ4v) is 1.45. The third-order valence-electron chi connectivity index (χ3n) is 2.49. The molecule has 2 rings (SSSR count). The van der Waals surface area contributed by atoms with Crippen molar-refractivity contribution in [2.24, 2.45) is 5.10 Å². The molecular weight excluding hydrogens is 238 g/mol. The van der Waals surface area contributed by atoms with Crippen LogP contribution >= 0.6 is 0 Å². The molecule has 0 aromatic heterocycles. The van der Waals surface area contributed by atoms with Crippen LogP contribution in [0.5, 0.6) is 0 Å². The zero-order valence-electron chi connectivity index (χ0n) is 10.6. The summed E-state index contributed by atoms with van der Waals surface area (Å²) in [6, 6.07) is 18.8. The highest BCUT2D eigenvalue weighted by atomic mass is 16.1. The number of hydrogen-bond donors (Lipinski definition) is 2. The molecule has 2 aromatic rings. The molecule has 0 saturated carbocycles. The Morgan fingerprint density at radius 2 is 1.42 bits per heavy atom. The van der Waals surface area contributed by atoms with Crippen LogP contribution in [-0.2, 0) is 4.79 Å². The van der Waals surface area contributed by atoms with Crippen LogP contribution in [0.4, 0.5) is 11.4 Å². The summed E-state index contributed by atoms with van der Waals surface area (Å²) in [4.78, 5) is 11.9. The normalized spacial score (nSPS) is 10.9. The van der Waals surface area contributed by atoms with E-state index >= 15 is 0 Å². The maximum atomic E-state index is 11.9. The van der Waals surface area contributed by atoms with Crippen LogP contribution in [0.15, 0.2) is 65.8 Å². The van der Waals surface area contributed by atoms with Crippen LogP contribution in [0.25, 0.3) is 0 Å². The number of carbonyl (C=O) groups is 1. The molecule has 0 aliphatic heterocycles. The van der Waals surface area contributed by atoms with Crippen molar-refractivity contribution >= 4 is 23.0 Å². The monoisotopic (exact) mass is 253 g/mol. The van der Waals surface area contributed by atoms with E-state index in [4.69, 9.17) is 0 Å². The molecule has 19 heavy (non-hydrogen) atoms. The van der Waals surface area contributed by atoms with Crippen molar-refractivity contribution in [3.05, 3.63) is 60.7 Å². The van der Waals surface area contributed by atoms with Gasteiger partial charge in [0.25, 0.3) is 5.91 Å². The number of nitrogens with one attached hydrogen (secondary N) is 2. The number of carbonyl (C=O) groups excluding carboxylic acids is 1. The minimum absolute atomic E-state index is 0.227. The lowest BCUT2D eigenvalue weighted by atomic mass is 10.3. The number of benzene rings is 2. The molecule has 2 N–H and O–H groups in total. The summed E-state index contributed by atoms with van der Waals surface area (Å²) in [6.07, 6.45) is 0. The average molecular weight is 253 g/mol. The van der Waals surface area contributed by atoms with E-state index in [1.165, 1.54) is 0 Å². The number of para-hydroxylation sites is 2. The number of hydrazone groups is 1. The number of amides is 1. The van der Waals surface area contributed by atoms with Gasteiger partial charge < -0.3 is 5.32 Å². The van der Waals surface area contributed by atoms with Crippen molar-refractivity contribution in [3.63, 3.8) is 0 Å². The van der Waals surface area contributed by atoms with Crippen LogP contribution in [-0.4, -0.2) is 11.6 Å². The second kappa shape index (κ2) is 6.35. The Hall–Kier alpha value is -2.62. The van der Waals surface area contributed by atoms with Crippen molar-refractivity contribution < 1.29 is 4.79 Å². The first-order valence-electron chi connectivity index (χ1n) is 5.97. The minimum atomic E-state index is -0.227. The largest absolute Gasteiger partial charge is 0.321 e. The molecular formula is C15H15N3O. The van der Waals surface area contributed by atoms with Gasteiger partial charge in [0, 0.05) is 5.69 Å². The van der Waals surface area contributed by atoms with Crippen LogP contribution in [0, 0.1) is 0 Å². The van der Waals surface area contributed by atoms with Gasteiger partial charge >= 0.3 is 0 Å². The van der Waals surface area contributed by atoms with E-state index in [9.17, 15) is 4.79 Å². The summed E-state index contributed by atoms with van der Waals surface area (Å²) in [6.45, 7) is 1.66. The minimum Gasteiger partial charge on any atom is -0.321 e. The molecule has 4 nitrogen and oxygen atoms in total. The predicted octanol–water partition coefficient (Wildman–Crippen LogP) is 3.11. The standard InChI is InChI=1S/C15H15N3O/c1-12(17-18-14-10-6-3-7-11-14)15(19)16-13-8-4-2-5-9-13/h2-11,18H,1H3,(H,16,19)/b17-12-. The van der Waals surface area contributed by atoms with Crippen molar-refractivity contribution in [3.8, 4) is 0 Å². The van der Waals surface area contributed by atoms with Crippen molar-refractivity contribution in [2.45, 2.75) is 6.92 Å². The molecule has 0 bridgehead atoms. The molecule has 96 valence electrons. The summed E-state index contributed by atoms with van der Waals surface area (Å²) in [7, 11) is 0. The number of rotatable bonds is 4. The molecule has 1 amide bonds. The second-order valence-electron chi connectivity index (χ2n) is 4.00. The van der Waals surface area contributed by atoms with Gasteiger partial charge in [-0.05, 0) is 31.2 Å². The Bertz CT molecular complexity index is 564. The first kappa shape index (κ1) is 12.8. The van der Waals surface area contributed by atoms with Gasteiger partial charge in [0.05, 0.1) is 5.69 Å². The maximum absolute atomic E-state index is 11.9. The Labute approximate surface area is 112 Å². The average Bonchev–Trinajstić information content (AvgIpc) is 2.47. The van der Waals surface area contributed by atoms with Crippen LogP contribution < -0.4 is 10.7 Å². The SMILES string of the molecule is C/C(=N/Nc1ccccc1)C(=O)Nc1ccccc1. The Kier molecular flexibility index (Phi) is 4.29. The van der Waals surface area contributed by atoms with E-state index in [2.05, 4.69) is 15.8 Å². The van der Waals surface area contributed by atoms with Gasteiger partial charge in [-0.15, -0.1) is 0 Å². The van der Waals surface area contributed by atoms with Crippen LogP contribution in [0.2, 0.25) is 0 Å². The summed E-state index contributed by atoms with van der Waals surface area (Å²) >= 11 is 0. The summed E-state index contributed by atoms with van der Waals surface area (Å²) in [5, 5.41) is 6.81. The molecule has 0 aliphatic carbocycles. The Morgan fingerprint density at radius 3 is 2.00 bits per heavy atom.